The average Bonchev–Trinajstić information content (AvgIpc) is 2.08. The van der Waals surface area contributed by atoms with Crippen LogP contribution in [-0.2, 0) is 9.53 Å². The minimum absolute atomic E-state index is 0.231. The second-order valence-corrected chi connectivity index (χ2v) is 2.58. The summed E-state index contributed by atoms with van der Waals surface area (Å²) in [6.45, 7) is 0. The predicted octanol–water partition coefficient (Wildman–Crippen LogP) is 0.860. The Bertz CT molecular complexity index is 300. The van der Waals surface area contributed by atoms with Crippen LogP contribution < -0.4 is 0 Å². The Morgan fingerprint density at radius 1 is 1.62 bits per heavy atom. The lowest BCUT2D eigenvalue weighted by molar-refractivity contribution is -0.115. The van der Waals surface area contributed by atoms with Crippen LogP contribution >= 0.6 is 0 Å². The van der Waals surface area contributed by atoms with Crippen molar-refractivity contribution in [1.29, 1.82) is 0 Å². The molecule has 0 aromatic heterocycles. The lowest BCUT2D eigenvalue weighted by Crippen LogP contribution is -2.13. The Kier molecular flexibility index (Phi) is 2.87. The predicted molar refractivity (Wildman–Crippen MR) is 46.9 cm³/mol. The molecule has 0 bridgehead atoms. The van der Waals surface area contributed by atoms with E-state index in [1.165, 1.54) is 20.4 Å². The molecule has 1 aliphatic carbocycles. The highest BCUT2D eigenvalue weighted by Gasteiger charge is 2.16. The van der Waals surface area contributed by atoms with Crippen LogP contribution in [0.25, 0.3) is 0 Å². The number of hydrogen-bond donors (Lipinski definition) is 1. The fraction of sp³-hybridized carbons (Fsp3) is 0.222. The number of nitrogens with zero attached hydrogens (tertiary/aromatic N) is 1. The molecule has 0 fully saturated rings. The molecule has 0 atom stereocenters. The molecule has 1 rings (SSSR count). The van der Waals surface area contributed by atoms with Crippen LogP contribution in [-0.4, -0.2) is 30.2 Å². The zero-order valence-corrected chi connectivity index (χ0v) is 7.52. The van der Waals surface area contributed by atoms with Crippen molar-refractivity contribution < 1.29 is 14.7 Å². The van der Waals surface area contributed by atoms with Crippen LogP contribution in [0, 0.1) is 0 Å². The van der Waals surface area contributed by atoms with Crippen molar-refractivity contribution in [1.82, 2.24) is 5.06 Å². The number of ether oxygens (including phenoxy) is 1. The minimum Gasteiger partial charge on any atom is -0.493 e. The second kappa shape index (κ2) is 3.91. The monoisotopic (exact) mass is 181 g/mol. The summed E-state index contributed by atoms with van der Waals surface area (Å²) in [7, 11) is 2.86. The molecule has 0 aromatic rings. The van der Waals surface area contributed by atoms with Gasteiger partial charge in [-0.05, 0) is 12.2 Å². The first kappa shape index (κ1) is 9.54. The number of carbonyl (C=O) groups excluding carboxylic acids is 1. The van der Waals surface area contributed by atoms with Gasteiger partial charge < -0.3 is 4.74 Å². The zero-order valence-electron chi connectivity index (χ0n) is 7.52. The largest absolute Gasteiger partial charge is 0.493 e. The molecule has 1 N–H and O–H groups in total. The number of Topliss-reactive ketones (excluding diaryl/α,β-unsaturated/α-hetero) is 1. The number of carbonyl (C=O) groups is 1. The maximum atomic E-state index is 11.4. The van der Waals surface area contributed by atoms with Crippen LogP contribution in [0.2, 0.25) is 0 Å². The standard InChI is InChI=1S/C9H11NO3/c1-10(12)6-7-4-3-5-8(13-2)9(7)11/h3-6,12H,1-2H3/b7-6-. The normalized spacial score (nSPS) is 18.8. The maximum Gasteiger partial charge on any atom is 0.229 e. The fourth-order valence-corrected chi connectivity index (χ4v) is 0.996. The van der Waals surface area contributed by atoms with Gasteiger partial charge in [-0.2, -0.15) is 0 Å². The van der Waals surface area contributed by atoms with Crippen LogP contribution in [0.5, 0.6) is 0 Å². The summed E-state index contributed by atoms with van der Waals surface area (Å²) in [5.74, 6) is 0.0431. The van der Waals surface area contributed by atoms with E-state index in [-0.39, 0.29) is 11.5 Å². The molecule has 0 heterocycles. The van der Waals surface area contributed by atoms with Crippen molar-refractivity contribution in [3.05, 3.63) is 35.8 Å². The van der Waals surface area contributed by atoms with Crippen LogP contribution in [0.1, 0.15) is 0 Å². The Morgan fingerprint density at radius 2 is 2.31 bits per heavy atom. The average molecular weight is 181 g/mol. The highest BCUT2D eigenvalue weighted by Crippen LogP contribution is 2.14. The first-order valence-corrected chi connectivity index (χ1v) is 3.75. The molecule has 0 saturated heterocycles. The summed E-state index contributed by atoms with van der Waals surface area (Å²) < 4.78 is 4.83. The SMILES string of the molecule is COC1=CC=C/C(=C/N(C)O)C1=O. The van der Waals surface area contributed by atoms with Gasteiger partial charge in [0.1, 0.15) is 0 Å². The summed E-state index contributed by atoms with van der Waals surface area (Å²) in [6.07, 6.45) is 6.20. The van der Waals surface area contributed by atoms with Gasteiger partial charge in [0.25, 0.3) is 0 Å². The Labute approximate surface area is 76.4 Å². The van der Waals surface area contributed by atoms with E-state index >= 15 is 0 Å². The van der Waals surface area contributed by atoms with Gasteiger partial charge in [-0.25, -0.2) is 0 Å². The van der Waals surface area contributed by atoms with Crippen LogP contribution in [0.4, 0.5) is 0 Å². The zero-order chi connectivity index (χ0) is 9.84. The summed E-state index contributed by atoms with van der Waals surface area (Å²) in [4.78, 5) is 11.4. The lowest BCUT2D eigenvalue weighted by atomic mass is 10.1. The van der Waals surface area contributed by atoms with Crippen LogP contribution in [0.15, 0.2) is 35.8 Å². The third-order valence-corrected chi connectivity index (χ3v) is 1.56. The van der Waals surface area contributed by atoms with Gasteiger partial charge in [0.15, 0.2) is 5.76 Å². The molecule has 0 radical (unpaired) electrons. The Balaban J connectivity index is 2.90. The molecular formula is C9H11NO3. The van der Waals surface area contributed by atoms with E-state index in [2.05, 4.69) is 0 Å². The molecule has 13 heavy (non-hydrogen) atoms. The maximum absolute atomic E-state index is 11.4. The molecule has 70 valence electrons. The van der Waals surface area contributed by atoms with Crippen molar-refractivity contribution in [3.8, 4) is 0 Å². The van der Waals surface area contributed by atoms with Gasteiger partial charge in [-0.3, -0.25) is 15.1 Å². The number of ketones is 1. The molecule has 0 amide bonds. The smallest absolute Gasteiger partial charge is 0.229 e. The van der Waals surface area contributed by atoms with Gasteiger partial charge in [0, 0.05) is 18.8 Å². The third-order valence-electron chi connectivity index (χ3n) is 1.56. The number of hydrogen-bond acceptors (Lipinski definition) is 4. The molecule has 0 aliphatic heterocycles. The van der Waals surface area contributed by atoms with E-state index in [4.69, 9.17) is 9.94 Å². The van der Waals surface area contributed by atoms with Crippen molar-refractivity contribution in [2.45, 2.75) is 0 Å². The Morgan fingerprint density at radius 3 is 2.85 bits per heavy atom. The van der Waals surface area contributed by atoms with Gasteiger partial charge in [0.2, 0.25) is 5.78 Å². The number of rotatable bonds is 2. The van der Waals surface area contributed by atoms with E-state index in [1.54, 1.807) is 18.2 Å². The van der Waals surface area contributed by atoms with Gasteiger partial charge in [-0.15, -0.1) is 0 Å². The van der Waals surface area contributed by atoms with E-state index in [0.29, 0.717) is 5.57 Å². The highest BCUT2D eigenvalue weighted by atomic mass is 16.5. The topological polar surface area (TPSA) is 49.8 Å². The molecule has 0 spiro atoms. The van der Waals surface area contributed by atoms with Crippen molar-refractivity contribution >= 4 is 5.78 Å². The van der Waals surface area contributed by atoms with Crippen LogP contribution in [0.3, 0.4) is 0 Å². The molecule has 0 saturated carbocycles. The van der Waals surface area contributed by atoms with Gasteiger partial charge in [-0.1, -0.05) is 6.08 Å². The quantitative estimate of drug-likeness (QED) is 0.507. The Hall–Kier alpha value is -1.55. The van der Waals surface area contributed by atoms with Crippen molar-refractivity contribution in [2.75, 3.05) is 14.2 Å². The highest BCUT2D eigenvalue weighted by molar-refractivity contribution is 6.09. The van der Waals surface area contributed by atoms with Gasteiger partial charge >= 0.3 is 0 Å². The number of methoxy groups -OCH3 is 1. The molecule has 4 heteroatoms. The van der Waals surface area contributed by atoms with E-state index < -0.39 is 0 Å². The summed E-state index contributed by atoms with van der Waals surface area (Å²) in [5, 5.41) is 9.72. The fourth-order valence-electron chi connectivity index (χ4n) is 0.996. The summed E-state index contributed by atoms with van der Waals surface area (Å²) in [6, 6.07) is 0. The first-order valence-electron chi connectivity index (χ1n) is 3.75. The van der Waals surface area contributed by atoms with Crippen molar-refractivity contribution in [2.24, 2.45) is 0 Å². The summed E-state index contributed by atoms with van der Waals surface area (Å²) in [5.41, 5.74) is 0.393. The number of hydroxylamine groups is 2. The lowest BCUT2D eigenvalue weighted by Gasteiger charge is -2.10. The minimum atomic E-state index is -0.231. The second-order valence-electron chi connectivity index (χ2n) is 2.58. The van der Waals surface area contributed by atoms with E-state index in [0.717, 1.165) is 5.06 Å². The first-order chi connectivity index (χ1) is 6.15. The van der Waals surface area contributed by atoms with Crippen molar-refractivity contribution in [3.63, 3.8) is 0 Å². The van der Waals surface area contributed by atoms with E-state index in [9.17, 15) is 4.79 Å². The molecule has 0 unspecified atom stereocenters. The molecule has 4 nitrogen and oxygen atoms in total. The molecular weight excluding hydrogens is 170 g/mol. The summed E-state index contributed by atoms with van der Waals surface area (Å²) >= 11 is 0. The molecule has 1 aliphatic rings. The van der Waals surface area contributed by atoms with E-state index in [1.807, 2.05) is 0 Å². The number of allylic oxidation sites excluding steroid dienone is 4. The molecule has 0 aromatic carbocycles. The third kappa shape index (κ3) is 2.19. The van der Waals surface area contributed by atoms with Gasteiger partial charge in [0.05, 0.1) is 7.11 Å².